The van der Waals surface area contributed by atoms with Crippen molar-refractivity contribution >= 4 is 15.8 Å². The zero-order valence-corrected chi connectivity index (χ0v) is 13.3. The van der Waals surface area contributed by atoms with Crippen molar-refractivity contribution in [1.29, 1.82) is 0 Å². The highest BCUT2D eigenvalue weighted by Crippen LogP contribution is 2.22. The molecule has 2 heterocycles. The predicted octanol–water partition coefficient (Wildman–Crippen LogP) is 2.21. The molecule has 1 saturated heterocycles. The lowest BCUT2D eigenvalue weighted by Crippen LogP contribution is -2.13. The summed E-state index contributed by atoms with van der Waals surface area (Å²) in [5, 5.41) is 0. The number of hydrogen-bond donors (Lipinski definition) is 0. The Morgan fingerprint density at radius 2 is 2.09 bits per heavy atom. The fraction of sp³-hybridized carbons (Fsp3) is 0.375. The number of rotatable bonds is 5. The number of benzene rings is 1. The lowest BCUT2D eigenvalue weighted by atomic mass is 10.1. The molecule has 1 aromatic heterocycles. The number of sulfone groups is 1. The molecule has 1 aliphatic heterocycles. The first-order chi connectivity index (χ1) is 11.0. The molecule has 7 heteroatoms. The molecule has 1 aliphatic rings. The van der Waals surface area contributed by atoms with Gasteiger partial charge in [-0.05, 0) is 24.5 Å². The van der Waals surface area contributed by atoms with Gasteiger partial charge in [0, 0.05) is 12.0 Å². The van der Waals surface area contributed by atoms with Crippen molar-refractivity contribution in [2.24, 2.45) is 5.92 Å². The Kier molecular flexibility index (Phi) is 4.47. The van der Waals surface area contributed by atoms with Gasteiger partial charge in [-0.2, -0.15) is 0 Å². The van der Waals surface area contributed by atoms with Crippen LogP contribution in [0, 0.1) is 5.92 Å². The molecule has 3 rings (SSSR count). The maximum Gasteiger partial charge on any atom is 0.306 e. The second-order valence-corrected chi connectivity index (χ2v) is 7.87. The maximum absolute atomic E-state index is 11.8. The zero-order chi connectivity index (χ0) is 16.3. The lowest BCUT2D eigenvalue weighted by molar-refractivity contribution is -0.146. The summed E-state index contributed by atoms with van der Waals surface area (Å²) < 4.78 is 33.2. The molecular formula is C16H17NO5S. The average molecular weight is 335 g/mol. The van der Waals surface area contributed by atoms with Gasteiger partial charge in [0.1, 0.15) is 18.6 Å². The minimum atomic E-state index is -2.97. The van der Waals surface area contributed by atoms with Crippen molar-refractivity contribution in [2.45, 2.75) is 19.4 Å². The van der Waals surface area contributed by atoms with Gasteiger partial charge in [-0.3, -0.25) is 4.79 Å². The molecule has 122 valence electrons. The van der Waals surface area contributed by atoms with E-state index in [4.69, 9.17) is 9.15 Å². The first kappa shape index (κ1) is 15.7. The molecule has 1 atom stereocenters. The normalized spacial score (nSPS) is 19.6. The first-order valence-corrected chi connectivity index (χ1v) is 9.20. The molecule has 2 aromatic rings. The van der Waals surface area contributed by atoms with Crippen LogP contribution in [0.25, 0.3) is 11.5 Å². The van der Waals surface area contributed by atoms with E-state index in [9.17, 15) is 13.2 Å². The molecule has 1 aromatic carbocycles. The molecule has 0 N–H and O–H groups in total. The quantitative estimate of drug-likeness (QED) is 0.779. The molecule has 0 saturated carbocycles. The molecule has 23 heavy (non-hydrogen) atoms. The topological polar surface area (TPSA) is 86.5 Å². The minimum absolute atomic E-state index is 0.0225. The second kappa shape index (κ2) is 6.54. The van der Waals surface area contributed by atoms with Crippen LogP contribution in [0.5, 0.6) is 0 Å². The van der Waals surface area contributed by atoms with E-state index < -0.39 is 15.8 Å². The third-order valence-electron chi connectivity index (χ3n) is 3.74. The van der Waals surface area contributed by atoms with Crippen molar-refractivity contribution in [3.8, 4) is 11.5 Å². The van der Waals surface area contributed by atoms with Crippen LogP contribution in [0.4, 0.5) is 0 Å². The molecule has 6 nitrogen and oxygen atoms in total. The monoisotopic (exact) mass is 335 g/mol. The van der Waals surface area contributed by atoms with Crippen LogP contribution >= 0.6 is 0 Å². The van der Waals surface area contributed by atoms with Gasteiger partial charge in [0.05, 0.1) is 11.5 Å². The Labute approximate surface area is 134 Å². The summed E-state index contributed by atoms with van der Waals surface area (Å²) in [6, 6.07) is 9.42. The van der Waals surface area contributed by atoms with Gasteiger partial charge in [-0.1, -0.05) is 18.2 Å². The van der Waals surface area contributed by atoms with Gasteiger partial charge in [0.25, 0.3) is 0 Å². The van der Waals surface area contributed by atoms with Gasteiger partial charge >= 0.3 is 5.97 Å². The van der Waals surface area contributed by atoms with E-state index in [1.54, 1.807) is 0 Å². The van der Waals surface area contributed by atoms with Crippen molar-refractivity contribution in [3.05, 3.63) is 42.3 Å². The predicted molar refractivity (Wildman–Crippen MR) is 83.1 cm³/mol. The van der Waals surface area contributed by atoms with E-state index in [1.807, 2.05) is 30.3 Å². The molecular weight excluding hydrogens is 318 g/mol. The maximum atomic E-state index is 11.8. The third-order valence-corrected chi connectivity index (χ3v) is 5.57. The Morgan fingerprint density at radius 1 is 1.30 bits per heavy atom. The standard InChI is InChI=1S/C16H17NO5S/c18-15(8-12-6-7-23(19,20)11-12)21-9-14-10-22-16(17-14)13-4-2-1-3-5-13/h1-5,10,12H,6-9,11H2. The second-order valence-electron chi connectivity index (χ2n) is 5.64. The van der Waals surface area contributed by atoms with Crippen LogP contribution in [0.15, 0.2) is 41.0 Å². The fourth-order valence-corrected chi connectivity index (χ4v) is 4.43. The van der Waals surface area contributed by atoms with Crippen LogP contribution in [0.2, 0.25) is 0 Å². The Bertz CT molecular complexity index is 782. The number of oxazole rings is 1. The highest BCUT2D eigenvalue weighted by Gasteiger charge is 2.29. The number of carbonyl (C=O) groups excluding carboxylic acids is 1. The van der Waals surface area contributed by atoms with E-state index in [0.29, 0.717) is 18.0 Å². The summed E-state index contributed by atoms with van der Waals surface area (Å²) >= 11 is 0. The summed E-state index contributed by atoms with van der Waals surface area (Å²) in [4.78, 5) is 16.1. The van der Waals surface area contributed by atoms with E-state index in [2.05, 4.69) is 4.98 Å². The first-order valence-electron chi connectivity index (χ1n) is 7.38. The number of ether oxygens (including phenoxy) is 1. The molecule has 0 aliphatic carbocycles. The van der Waals surface area contributed by atoms with Crippen LogP contribution in [-0.2, 0) is 26.0 Å². The van der Waals surface area contributed by atoms with Crippen molar-refractivity contribution in [3.63, 3.8) is 0 Å². The molecule has 0 bridgehead atoms. The molecule has 1 fully saturated rings. The van der Waals surface area contributed by atoms with Crippen molar-refractivity contribution in [2.75, 3.05) is 11.5 Å². The highest BCUT2D eigenvalue weighted by molar-refractivity contribution is 7.91. The van der Waals surface area contributed by atoms with E-state index in [1.165, 1.54) is 6.26 Å². The van der Waals surface area contributed by atoms with Gasteiger partial charge in [-0.25, -0.2) is 13.4 Å². The molecule has 0 spiro atoms. The number of carbonyl (C=O) groups is 1. The smallest absolute Gasteiger partial charge is 0.306 e. The largest absolute Gasteiger partial charge is 0.459 e. The Balaban J connectivity index is 1.51. The molecule has 0 radical (unpaired) electrons. The van der Waals surface area contributed by atoms with Crippen molar-refractivity contribution < 1.29 is 22.4 Å². The lowest BCUT2D eigenvalue weighted by Gasteiger charge is -2.06. The Hall–Kier alpha value is -2.15. The number of hydrogen-bond acceptors (Lipinski definition) is 6. The Morgan fingerprint density at radius 3 is 2.78 bits per heavy atom. The zero-order valence-electron chi connectivity index (χ0n) is 12.5. The highest BCUT2D eigenvalue weighted by atomic mass is 32.2. The van der Waals surface area contributed by atoms with Gasteiger partial charge in [0.15, 0.2) is 9.84 Å². The number of esters is 1. The van der Waals surface area contributed by atoms with Crippen LogP contribution in [0.3, 0.4) is 0 Å². The fourth-order valence-electron chi connectivity index (χ4n) is 2.57. The summed E-state index contributed by atoms with van der Waals surface area (Å²) in [7, 11) is -2.97. The summed E-state index contributed by atoms with van der Waals surface area (Å²) in [6.45, 7) is 0.0225. The summed E-state index contributed by atoms with van der Waals surface area (Å²) in [5.74, 6) is 0.165. The molecule has 1 unspecified atom stereocenters. The van der Waals surface area contributed by atoms with Gasteiger partial charge in [-0.15, -0.1) is 0 Å². The molecule has 0 amide bonds. The van der Waals surface area contributed by atoms with Gasteiger partial charge in [0.2, 0.25) is 5.89 Å². The van der Waals surface area contributed by atoms with Crippen LogP contribution in [0.1, 0.15) is 18.5 Å². The van der Waals surface area contributed by atoms with Crippen LogP contribution in [-0.4, -0.2) is 30.9 Å². The van der Waals surface area contributed by atoms with Crippen molar-refractivity contribution in [1.82, 2.24) is 4.98 Å². The van der Waals surface area contributed by atoms with E-state index >= 15 is 0 Å². The number of nitrogens with zero attached hydrogens (tertiary/aromatic N) is 1. The van der Waals surface area contributed by atoms with Crippen LogP contribution < -0.4 is 0 Å². The minimum Gasteiger partial charge on any atom is -0.459 e. The summed E-state index contributed by atoms with van der Waals surface area (Å²) in [5.41, 5.74) is 1.37. The van der Waals surface area contributed by atoms with Gasteiger partial charge < -0.3 is 9.15 Å². The number of aromatic nitrogens is 1. The average Bonchev–Trinajstić information content (AvgIpc) is 3.13. The summed E-state index contributed by atoms with van der Waals surface area (Å²) in [6.07, 6.45) is 2.11. The third kappa shape index (κ3) is 4.19. The van der Waals surface area contributed by atoms with E-state index in [-0.39, 0.29) is 30.5 Å². The van der Waals surface area contributed by atoms with E-state index in [0.717, 1.165) is 5.56 Å². The SMILES string of the molecule is O=C(CC1CCS(=O)(=O)C1)OCc1coc(-c2ccccc2)n1.